The van der Waals surface area contributed by atoms with Crippen LogP contribution >= 0.6 is 11.6 Å². The number of aromatic amines is 1. The third-order valence-electron chi connectivity index (χ3n) is 5.27. The normalized spacial score (nSPS) is 14.4. The number of nitrogen functional groups attached to an aromatic ring is 1. The number of rotatable bonds is 3. The molecule has 0 spiro atoms. The minimum Gasteiger partial charge on any atom is -0.399 e. The molecule has 1 amide bonds. The molecule has 27 heavy (non-hydrogen) atoms. The van der Waals surface area contributed by atoms with Crippen molar-refractivity contribution in [3.05, 3.63) is 70.4 Å². The van der Waals surface area contributed by atoms with Gasteiger partial charge in [-0.15, -0.1) is 0 Å². The van der Waals surface area contributed by atoms with E-state index in [0.717, 1.165) is 34.6 Å². The molecular weight excluding hydrogens is 358 g/mol. The van der Waals surface area contributed by atoms with Gasteiger partial charge in [0.1, 0.15) is 0 Å². The van der Waals surface area contributed by atoms with E-state index in [0.29, 0.717) is 18.7 Å². The van der Waals surface area contributed by atoms with Crippen LogP contribution in [-0.4, -0.2) is 28.9 Å². The molecule has 4 nitrogen and oxygen atoms in total. The molecule has 2 heterocycles. The first-order valence-corrected chi connectivity index (χ1v) is 9.48. The highest BCUT2D eigenvalue weighted by Gasteiger charge is 2.20. The van der Waals surface area contributed by atoms with E-state index in [9.17, 15) is 4.79 Å². The summed E-state index contributed by atoms with van der Waals surface area (Å²) < 4.78 is 0. The van der Waals surface area contributed by atoms with E-state index >= 15 is 0 Å². The third kappa shape index (κ3) is 3.58. The van der Waals surface area contributed by atoms with Crippen molar-refractivity contribution in [1.29, 1.82) is 0 Å². The van der Waals surface area contributed by atoms with Crippen molar-refractivity contribution < 1.29 is 4.79 Å². The first-order chi connectivity index (χ1) is 13.0. The molecule has 0 saturated carbocycles. The number of aromatic nitrogens is 1. The van der Waals surface area contributed by atoms with Crippen molar-refractivity contribution in [2.24, 2.45) is 0 Å². The van der Waals surface area contributed by atoms with Gasteiger partial charge >= 0.3 is 0 Å². The van der Waals surface area contributed by atoms with Crippen LogP contribution in [0.1, 0.15) is 23.1 Å². The molecule has 0 aliphatic carbocycles. The van der Waals surface area contributed by atoms with Crippen LogP contribution in [0.5, 0.6) is 0 Å². The largest absolute Gasteiger partial charge is 0.399 e. The zero-order valence-electron chi connectivity index (χ0n) is 15.3. The van der Waals surface area contributed by atoms with Crippen LogP contribution in [0, 0.1) is 6.92 Å². The van der Waals surface area contributed by atoms with Crippen LogP contribution < -0.4 is 5.73 Å². The molecule has 0 saturated heterocycles. The Labute approximate surface area is 163 Å². The standard InChI is InChI=1S/C22H22ClN3O/c1-14-2-4-18(24)10-16(14)11-22(27)26-8-6-15(7-9-26)20-13-25-21-12-17(23)3-5-19(20)21/h2-6,10,12-13,25H,7-9,11,24H2,1H3. The van der Waals surface area contributed by atoms with Gasteiger partial charge in [0, 0.05) is 46.5 Å². The van der Waals surface area contributed by atoms with Crippen LogP contribution in [0.2, 0.25) is 5.02 Å². The summed E-state index contributed by atoms with van der Waals surface area (Å²) in [5, 5.41) is 1.89. The summed E-state index contributed by atoms with van der Waals surface area (Å²) in [5.74, 6) is 0.143. The number of nitrogens with one attached hydrogen (secondary N) is 1. The van der Waals surface area contributed by atoms with Crippen molar-refractivity contribution in [1.82, 2.24) is 9.88 Å². The van der Waals surface area contributed by atoms with E-state index in [1.54, 1.807) is 0 Å². The summed E-state index contributed by atoms with van der Waals surface area (Å²) in [4.78, 5) is 17.9. The second-order valence-corrected chi connectivity index (χ2v) is 7.51. The van der Waals surface area contributed by atoms with E-state index in [1.807, 2.05) is 54.4 Å². The van der Waals surface area contributed by atoms with Crippen molar-refractivity contribution in [3.8, 4) is 0 Å². The van der Waals surface area contributed by atoms with Crippen LogP contribution in [0.15, 0.2) is 48.7 Å². The average molecular weight is 380 g/mol. The van der Waals surface area contributed by atoms with Gasteiger partial charge in [-0.2, -0.15) is 0 Å². The molecule has 0 atom stereocenters. The molecule has 3 N–H and O–H groups in total. The number of nitrogens with two attached hydrogens (primary N) is 1. The molecule has 138 valence electrons. The number of fused-ring (bicyclic) bond motifs is 1. The Morgan fingerprint density at radius 3 is 2.89 bits per heavy atom. The third-order valence-corrected chi connectivity index (χ3v) is 5.50. The fourth-order valence-electron chi connectivity index (χ4n) is 3.66. The van der Waals surface area contributed by atoms with Gasteiger partial charge in [-0.3, -0.25) is 4.79 Å². The van der Waals surface area contributed by atoms with Gasteiger partial charge < -0.3 is 15.6 Å². The molecule has 0 radical (unpaired) electrons. The van der Waals surface area contributed by atoms with Gasteiger partial charge in [-0.05, 0) is 54.3 Å². The summed E-state index contributed by atoms with van der Waals surface area (Å²) >= 11 is 6.07. The van der Waals surface area contributed by atoms with E-state index < -0.39 is 0 Å². The number of anilines is 1. The molecule has 5 heteroatoms. The molecule has 0 bridgehead atoms. The minimum absolute atomic E-state index is 0.143. The van der Waals surface area contributed by atoms with Gasteiger partial charge in [0.25, 0.3) is 0 Å². The van der Waals surface area contributed by atoms with Crippen LogP contribution in [0.3, 0.4) is 0 Å². The van der Waals surface area contributed by atoms with Gasteiger partial charge in [0.05, 0.1) is 6.42 Å². The average Bonchev–Trinajstić information content (AvgIpc) is 3.07. The highest BCUT2D eigenvalue weighted by Crippen LogP contribution is 2.30. The lowest BCUT2D eigenvalue weighted by Crippen LogP contribution is -2.35. The Kier molecular flexibility index (Phi) is 4.66. The molecule has 1 aliphatic rings. The number of nitrogens with zero attached hydrogens (tertiary/aromatic N) is 1. The quantitative estimate of drug-likeness (QED) is 0.655. The van der Waals surface area contributed by atoms with Gasteiger partial charge in [0.15, 0.2) is 0 Å². The Hall–Kier alpha value is -2.72. The maximum Gasteiger partial charge on any atom is 0.227 e. The number of benzene rings is 2. The summed E-state index contributed by atoms with van der Waals surface area (Å²) in [6.07, 6.45) is 5.42. The number of H-pyrrole nitrogens is 1. The maximum atomic E-state index is 12.7. The minimum atomic E-state index is 0.143. The van der Waals surface area contributed by atoms with Crippen molar-refractivity contribution in [2.45, 2.75) is 19.8 Å². The predicted molar refractivity (Wildman–Crippen MR) is 112 cm³/mol. The number of carbonyl (C=O) groups excluding carboxylic acids is 1. The Bertz CT molecular complexity index is 1050. The Morgan fingerprint density at radius 1 is 1.26 bits per heavy atom. The number of aryl methyl sites for hydroxylation is 1. The lowest BCUT2D eigenvalue weighted by Gasteiger charge is -2.27. The fraction of sp³-hybridized carbons (Fsp3) is 0.227. The van der Waals surface area contributed by atoms with Crippen LogP contribution in [0.4, 0.5) is 5.69 Å². The summed E-state index contributed by atoms with van der Waals surface area (Å²) in [6.45, 7) is 3.38. The molecule has 2 aromatic carbocycles. The first kappa shape index (κ1) is 17.7. The number of amides is 1. The summed E-state index contributed by atoms with van der Waals surface area (Å²) in [6, 6.07) is 11.6. The zero-order valence-corrected chi connectivity index (χ0v) is 16.0. The highest BCUT2D eigenvalue weighted by atomic mass is 35.5. The monoisotopic (exact) mass is 379 g/mol. The van der Waals surface area contributed by atoms with Crippen molar-refractivity contribution in [3.63, 3.8) is 0 Å². The SMILES string of the molecule is Cc1ccc(N)cc1CC(=O)N1CC=C(c2c[nH]c3cc(Cl)ccc23)CC1. The van der Waals surface area contributed by atoms with E-state index in [2.05, 4.69) is 11.1 Å². The van der Waals surface area contributed by atoms with Crippen LogP contribution in [0.25, 0.3) is 16.5 Å². The molecule has 1 aromatic heterocycles. The van der Waals surface area contributed by atoms with Gasteiger partial charge in [0.2, 0.25) is 5.91 Å². The highest BCUT2D eigenvalue weighted by molar-refractivity contribution is 6.31. The van der Waals surface area contributed by atoms with Crippen molar-refractivity contribution in [2.75, 3.05) is 18.8 Å². The number of carbonyl (C=O) groups is 1. The van der Waals surface area contributed by atoms with Gasteiger partial charge in [-0.25, -0.2) is 0 Å². The fourth-order valence-corrected chi connectivity index (χ4v) is 3.83. The second kappa shape index (κ2) is 7.12. The molecule has 3 aromatic rings. The van der Waals surface area contributed by atoms with E-state index in [1.165, 1.54) is 16.5 Å². The number of halogens is 1. The first-order valence-electron chi connectivity index (χ1n) is 9.10. The zero-order chi connectivity index (χ0) is 19.0. The lowest BCUT2D eigenvalue weighted by atomic mass is 9.98. The Balaban J connectivity index is 1.49. The second-order valence-electron chi connectivity index (χ2n) is 7.07. The maximum absolute atomic E-state index is 12.7. The molecule has 4 rings (SSSR count). The number of hydrogen-bond acceptors (Lipinski definition) is 2. The molecule has 0 fully saturated rings. The molecular formula is C22H22ClN3O. The molecule has 0 unspecified atom stereocenters. The Morgan fingerprint density at radius 2 is 2.11 bits per heavy atom. The topological polar surface area (TPSA) is 62.1 Å². The van der Waals surface area contributed by atoms with Gasteiger partial charge in [-0.1, -0.05) is 29.8 Å². The molecule has 1 aliphatic heterocycles. The smallest absolute Gasteiger partial charge is 0.227 e. The predicted octanol–water partition coefficient (Wildman–Crippen LogP) is 4.57. The van der Waals surface area contributed by atoms with Crippen molar-refractivity contribution >= 4 is 39.7 Å². The number of hydrogen-bond donors (Lipinski definition) is 2. The van der Waals surface area contributed by atoms with E-state index in [4.69, 9.17) is 17.3 Å². The van der Waals surface area contributed by atoms with Crippen LogP contribution in [-0.2, 0) is 11.2 Å². The summed E-state index contributed by atoms with van der Waals surface area (Å²) in [5.41, 5.74) is 12.2. The van der Waals surface area contributed by atoms with E-state index in [-0.39, 0.29) is 5.91 Å². The summed E-state index contributed by atoms with van der Waals surface area (Å²) in [7, 11) is 0. The lowest BCUT2D eigenvalue weighted by molar-refractivity contribution is -0.130.